The van der Waals surface area contributed by atoms with Crippen molar-refractivity contribution in [2.75, 3.05) is 20.1 Å². The van der Waals surface area contributed by atoms with E-state index in [4.69, 9.17) is 0 Å². The zero-order chi connectivity index (χ0) is 19.6. The van der Waals surface area contributed by atoms with Crippen molar-refractivity contribution in [2.45, 2.75) is 6.18 Å². The molecule has 0 atom stereocenters. The molecule has 3 rings (SSSR count). The van der Waals surface area contributed by atoms with Crippen LogP contribution in [0.4, 0.5) is 17.6 Å². The number of Topliss-reactive ketones (excluding diaryl/α,β-unsaturated/α-hetero) is 1. The topological polar surface area (TPSA) is 33.2 Å². The summed E-state index contributed by atoms with van der Waals surface area (Å²) in [5.74, 6) is -1.26. The predicted molar refractivity (Wildman–Crippen MR) is 94.1 cm³/mol. The first-order chi connectivity index (χ1) is 12.7. The molecule has 0 N–H and O–H groups in total. The van der Waals surface area contributed by atoms with Gasteiger partial charge in [0.05, 0.1) is 5.56 Å². The number of carbonyl (C=O) groups is 1. The van der Waals surface area contributed by atoms with Gasteiger partial charge in [0.2, 0.25) is 0 Å². The van der Waals surface area contributed by atoms with Gasteiger partial charge in [0.1, 0.15) is 5.82 Å². The lowest BCUT2D eigenvalue weighted by Gasteiger charge is -2.26. The molecular weight excluding hydrogens is 360 g/mol. The van der Waals surface area contributed by atoms with E-state index in [-0.39, 0.29) is 17.9 Å². The Morgan fingerprint density at radius 1 is 1.04 bits per heavy atom. The van der Waals surface area contributed by atoms with Crippen molar-refractivity contribution >= 4 is 17.9 Å². The fraction of sp³-hybridized carbons (Fsp3) is 0.200. The normalized spacial score (nSPS) is 19.1. The van der Waals surface area contributed by atoms with E-state index in [9.17, 15) is 22.4 Å². The van der Waals surface area contributed by atoms with E-state index < -0.39 is 17.6 Å². The number of benzene rings is 1. The van der Waals surface area contributed by atoms with E-state index >= 15 is 0 Å². The Morgan fingerprint density at radius 3 is 2.26 bits per heavy atom. The summed E-state index contributed by atoms with van der Waals surface area (Å²) in [6.07, 6.45) is 1.65. The zero-order valence-electron chi connectivity index (χ0n) is 14.4. The van der Waals surface area contributed by atoms with Gasteiger partial charge in [-0.3, -0.25) is 14.7 Å². The summed E-state index contributed by atoms with van der Waals surface area (Å²) in [6.45, 7) is 0.709. The number of nitrogens with zero attached hydrogens (tertiary/aromatic N) is 2. The zero-order valence-corrected chi connectivity index (χ0v) is 14.4. The number of piperidine rings is 1. The Balaban J connectivity index is 1.94. The quantitative estimate of drug-likeness (QED) is 0.581. The van der Waals surface area contributed by atoms with Gasteiger partial charge in [-0.1, -0.05) is 6.07 Å². The molecule has 1 aliphatic rings. The number of hydrogen-bond acceptors (Lipinski definition) is 3. The van der Waals surface area contributed by atoms with Crippen molar-refractivity contribution < 1.29 is 22.4 Å². The minimum absolute atomic E-state index is 0.0510. The molecule has 27 heavy (non-hydrogen) atoms. The van der Waals surface area contributed by atoms with E-state index in [1.165, 1.54) is 6.08 Å². The molecule has 0 amide bonds. The van der Waals surface area contributed by atoms with Crippen LogP contribution in [0.1, 0.15) is 16.7 Å². The predicted octanol–water partition coefficient (Wildman–Crippen LogP) is 4.22. The Labute approximate surface area is 153 Å². The van der Waals surface area contributed by atoms with Crippen LogP contribution in [0.5, 0.6) is 0 Å². The van der Waals surface area contributed by atoms with Crippen LogP contribution in [0.15, 0.2) is 53.9 Å². The number of aromatic nitrogens is 1. The number of halogens is 4. The summed E-state index contributed by atoms with van der Waals surface area (Å²) in [5, 5.41) is 0. The molecule has 7 heteroatoms. The Hall–Kier alpha value is -2.80. The SMILES string of the molecule is CN1C/C(=C\c2ccncc2)C(=O)/C(=C/c2ccc(C(F)(F)F)cc2F)C1. The van der Waals surface area contributed by atoms with Crippen molar-refractivity contribution in [1.29, 1.82) is 0 Å². The van der Waals surface area contributed by atoms with E-state index in [1.807, 2.05) is 11.9 Å². The molecule has 0 aliphatic carbocycles. The average molecular weight is 376 g/mol. The number of rotatable bonds is 2. The summed E-state index contributed by atoms with van der Waals surface area (Å²) >= 11 is 0. The molecule has 1 aliphatic heterocycles. The molecule has 3 nitrogen and oxygen atoms in total. The first kappa shape index (κ1) is 19.0. The highest BCUT2D eigenvalue weighted by Crippen LogP contribution is 2.31. The maximum Gasteiger partial charge on any atom is 0.416 e. The molecule has 1 aromatic carbocycles. The molecule has 0 saturated carbocycles. The standard InChI is InChI=1S/C20H16F4N2O/c1-26-11-15(8-13-4-6-25-7-5-13)19(27)16(12-26)9-14-2-3-17(10-18(14)21)20(22,23)24/h2-10H,11-12H2,1H3/b15-8+,16-9+. The van der Waals surface area contributed by atoms with E-state index in [1.54, 1.807) is 30.6 Å². The van der Waals surface area contributed by atoms with Crippen molar-refractivity contribution in [1.82, 2.24) is 9.88 Å². The molecule has 0 spiro atoms. The smallest absolute Gasteiger partial charge is 0.298 e. The van der Waals surface area contributed by atoms with Gasteiger partial charge in [-0.25, -0.2) is 4.39 Å². The average Bonchev–Trinajstić information content (AvgIpc) is 2.60. The monoisotopic (exact) mass is 376 g/mol. The third-order valence-electron chi connectivity index (χ3n) is 4.17. The molecule has 140 valence electrons. The molecule has 1 saturated heterocycles. The Kier molecular flexibility index (Phi) is 5.23. The minimum atomic E-state index is -4.62. The van der Waals surface area contributed by atoms with Gasteiger partial charge < -0.3 is 0 Å². The van der Waals surface area contributed by atoms with Gasteiger partial charge >= 0.3 is 6.18 Å². The number of likely N-dealkylation sites (tertiary alicyclic amines) is 1. The summed E-state index contributed by atoms with van der Waals surface area (Å²) in [4.78, 5) is 18.5. The van der Waals surface area contributed by atoms with Crippen molar-refractivity contribution in [2.24, 2.45) is 0 Å². The van der Waals surface area contributed by atoms with Crippen LogP contribution in [-0.4, -0.2) is 35.8 Å². The summed E-state index contributed by atoms with van der Waals surface area (Å²) in [7, 11) is 1.81. The Morgan fingerprint density at radius 2 is 1.67 bits per heavy atom. The second kappa shape index (κ2) is 7.44. The van der Waals surface area contributed by atoms with Crippen LogP contribution in [0.2, 0.25) is 0 Å². The highest BCUT2D eigenvalue weighted by Gasteiger charge is 2.31. The maximum absolute atomic E-state index is 14.1. The van der Waals surface area contributed by atoms with E-state index in [2.05, 4.69) is 4.98 Å². The largest absolute Gasteiger partial charge is 0.416 e. The van der Waals surface area contributed by atoms with Crippen LogP contribution in [0.25, 0.3) is 12.2 Å². The minimum Gasteiger partial charge on any atom is -0.298 e. The van der Waals surface area contributed by atoms with Crippen molar-refractivity contribution in [3.8, 4) is 0 Å². The van der Waals surface area contributed by atoms with Crippen LogP contribution < -0.4 is 0 Å². The molecule has 1 aromatic heterocycles. The summed E-state index contributed by atoms with van der Waals surface area (Å²) < 4.78 is 52.1. The molecule has 0 unspecified atom stereocenters. The van der Waals surface area contributed by atoms with Gasteiger partial charge in [0.25, 0.3) is 0 Å². The van der Waals surface area contributed by atoms with Gasteiger partial charge in [-0.15, -0.1) is 0 Å². The fourth-order valence-electron chi connectivity index (χ4n) is 2.88. The third-order valence-corrected chi connectivity index (χ3v) is 4.17. The molecule has 1 fully saturated rings. The lowest BCUT2D eigenvalue weighted by molar-refractivity contribution is -0.137. The Bertz CT molecular complexity index is 917. The number of pyridine rings is 1. The van der Waals surface area contributed by atoms with E-state index in [0.29, 0.717) is 23.8 Å². The lowest BCUT2D eigenvalue weighted by Crippen LogP contribution is -2.34. The molecule has 0 bridgehead atoms. The van der Waals surface area contributed by atoms with Gasteiger partial charge in [0, 0.05) is 42.2 Å². The van der Waals surface area contributed by atoms with E-state index in [0.717, 1.165) is 17.7 Å². The van der Waals surface area contributed by atoms with Crippen LogP contribution in [0, 0.1) is 5.82 Å². The first-order valence-corrected chi connectivity index (χ1v) is 8.15. The summed E-state index contributed by atoms with van der Waals surface area (Å²) in [6, 6.07) is 5.80. The number of alkyl halides is 3. The maximum atomic E-state index is 14.1. The third kappa shape index (κ3) is 4.49. The van der Waals surface area contributed by atoms with Crippen molar-refractivity contribution in [3.63, 3.8) is 0 Å². The van der Waals surface area contributed by atoms with Gasteiger partial charge in [-0.2, -0.15) is 13.2 Å². The molecule has 2 heterocycles. The molecule has 2 aromatic rings. The van der Waals surface area contributed by atoms with Crippen LogP contribution in [0.3, 0.4) is 0 Å². The van der Waals surface area contributed by atoms with Crippen molar-refractivity contribution in [3.05, 3.63) is 76.4 Å². The number of hydrogen-bond donors (Lipinski definition) is 0. The highest BCUT2D eigenvalue weighted by atomic mass is 19.4. The van der Waals surface area contributed by atoms with Gasteiger partial charge in [-0.05, 0) is 49.0 Å². The van der Waals surface area contributed by atoms with Crippen LogP contribution in [-0.2, 0) is 11.0 Å². The lowest BCUT2D eigenvalue weighted by atomic mass is 9.94. The first-order valence-electron chi connectivity index (χ1n) is 8.15. The summed E-state index contributed by atoms with van der Waals surface area (Å²) in [5.41, 5.74) is 0.539. The number of likely N-dealkylation sites (N-methyl/N-ethyl adjacent to an activating group) is 1. The highest BCUT2D eigenvalue weighted by molar-refractivity contribution is 6.14. The second-order valence-electron chi connectivity index (χ2n) is 6.36. The number of ketones is 1. The number of carbonyl (C=O) groups excluding carboxylic acids is 1. The molecule has 0 radical (unpaired) electrons. The van der Waals surface area contributed by atoms with Gasteiger partial charge in [0.15, 0.2) is 5.78 Å². The van der Waals surface area contributed by atoms with Crippen LogP contribution >= 0.6 is 0 Å². The fourth-order valence-corrected chi connectivity index (χ4v) is 2.88. The second-order valence-corrected chi connectivity index (χ2v) is 6.36. The molecular formula is C20H16F4N2O.